The summed E-state index contributed by atoms with van der Waals surface area (Å²) >= 11 is 0. The van der Waals surface area contributed by atoms with Crippen molar-refractivity contribution in [1.82, 2.24) is 0 Å². The van der Waals surface area contributed by atoms with Gasteiger partial charge >= 0.3 is 0 Å². The van der Waals surface area contributed by atoms with Gasteiger partial charge in [0, 0.05) is 0 Å². The molecule has 11 heavy (non-hydrogen) atoms. The summed E-state index contributed by atoms with van der Waals surface area (Å²) in [5, 5.41) is 0. The van der Waals surface area contributed by atoms with Crippen molar-refractivity contribution in [2.24, 2.45) is 0 Å². The average molecular weight is 156 g/mol. The first kappa shape index (κ1) is 8.12. The van der Waals surface area contributed by atoms with Gasteiger partial charge in [0.15, 0.2) is 0 Å². The van der Waals surface area contributed by atoms with Crippen LogP contribution in [0.2, 0.25) is 0 Å². The third kappa shape index (κ3) is 3.08. The minimum absolute atomic E-state index is 0.834. The standard InChI is InChI=1S/C10H14O/c1-2-3-9-11-10-7-5-4-6-8-10/h4-8H,2-3,9H2,1H3/i4+1,5+1,6+1,7+1,8+1,10+1. The summed E-state index contributed by atoms with van der Waals surface area (Å²) in [7, 11) is 0. The van der Waals surface area contributed by atoms with Gasteiger partial charge in [0.05, 0.1) is 6.61 Å². The van der Waals surface area contributed by atoms with Gasteiger partial charge in [-0.05, 0) is 18.6 Å². The molecule has 0 unspecified atom stereocenters. The van der Waals surface area contributed by atoms with E-state index in [1.165, 1.54) is 6.42 Å². The van der Waals surface area contributed by atoms with Crippen LogP contribution in [0.5, 0.6) is 5.75 Å². The van der Waals surface area contributed by atoms with E-state index in [4.69, 9.17) is 4.74 Å². The summed E-state index contributed by atoms with van der Waals surface area (Å²) in [6.07, 6.45) is 2.32. The number of hydrogen-bond acceptors (Lipinski definition) is 1. The molecular weight excluding hydrogens is 142 g/mol. The number of rotatable bonds is 4. The smallest absolute Gasteiger partial charge is 0.119 e. The molecule has 0 saturated heterocycles. The number of benzene rings is 1. The highest BCUT2D eigenvalue weighted by molar-refractivity contribution is 5.20. The molecule has 0 aromatic heterocycles. The minimum Gasteiger partial charge on any atom is -0.494 e. The van der Waals surface area contributed by atoms with Crippen LogP contribution in [0.1, 0.15) is 19.8 Å². The lowest BCUT2D eigenvalue weighted by atomic mass is 10.4. The Balaban J connectivity index is 2.28. The van der Waals surface area contributed by atoms with Gasteiger partial charge in [-0.3, -0.25) is 0 Å². The maximum atomic E-state index is 5.45. The quantitative estimate of drug-likeness (QED) is 0.609. The van der Waals surface area contributed by atoms with Gasteiger partial charge in [0.1, 0.15) is 5.75 Å². The van der Waals surface area contributed by atoms with Gasteiger partial charge in [0.2, 0.25) is 0 Å². The SMILES string of the molecule is CCCCO[13c]1[13cH][13cH][13cH][13cH][13cH]1. The molecule has 0 bridgehead atoms. The zero-order chi connectivity index (χ0) is 7.94. The van der Waals surface area contributed by atoms with E-state index in [0.29, 0.717) is 0 Å². The van der Waals surface area contributed by atoms with Crippen LogP contribution in [0, 0.1) is 0 Å². The molecule has 0 amide bonds. The molecule has 0 aliphatic heterocycles. The molecule has 0 N–H and O–H groups in total. The first-order chi connectivity index (χ1) is 5.43. The van der Waals surface area contributed by atoms with Crippen LogP contribution >= 0.6 is 0 Å². The normalized spacial score (nSPS) is 9.55. The molecule has 60 valence electrons. The highest BCUT2D eigenvalue weighted by Crippen LogP contribution is 2.08. The van der Waals surface area contributed by atoms with E-state index in [0.717, 1.165) is 18.8 Å². The Labute approximate surface area is 68.0 Å². The molecular formula is C10H14O. The van der Waals surface area contributed by atoms with Crippen LogP contribution < -0.4 is 4.74 Å². The lowest BCUT2D eigenvalue weighted by Gasteiger charge is -2.03. The summed E-state index contributed by atoms with van der Waals surface area (Å²) in [6, 6.07) is 9.93. The van der Waals surface area contributed by atoms with Crippen LogP contribution in [-0.4, -0.2) is 6.61 Å². The molecule has 0 fully saturated rings. The minimum atomic E-state index is 0.834. The van der Waals surface area contributed by atoms with Crippen molar-refractivity contribution in [3.05, 3.63) is 30.3 Å². The predicted octanol–water partition coefficient (Wildman–Crippen LogP) is 2.87. The molecule has 0 aliphatic carbocycles. The largest absolute Gasteiger partial charge is 0.494 e. The molecule has 1 aromatic rings. The molecule has 0 heterocycles. The molecule has 0 saturated carbocycles. The van der Waals surface area contributed by atoms with E-state index < -0.39 is 0 Å². The second-order valence-electron chi connectivity index (χ2n) is 2.52. The van der Waals surface area contributed by atoms with Crippen molar-refractivity contribution in [2.45, 2.75) is 19.8 Å². The van der Waals surface area contributed by atoms with Gasteiger partial charge in [-0.2, -0.15) is 0 Å². The molecule has 1 heteroatoms. The van der Waals surface area contributed by atoms with Crippen LogP contribution in [0.25, 0.3) is 0 Å². The van der Waals surface area contributed by atoms with Crippen LogP contribution in [0.15, 0.2) is 30.3 Å². The Bertz CT molecular complexity index is 181. The zero-order valence-corrected chi connectivity index (χ0v) is 6.92. The molecule has 0 aliphatic rings. The van der Waals surface area contributed by atoms with Crippen molar-refractivity contribution in [3.63, 3.8) is 0 Å². The third-order valence-electron chi connectivity index (χ3n) is 1.51. The second-order valence-corrected chi connectivity index (χ2v) is 2.52. The van der Waals surface area contributed by atoms with E-state index in [9.17, 15) is 0 Å². The maximum Gasteiger partial charge on any atom is 0.119 e. The zero-order valence-electron chi connectivity index (χ0n) is 6.92. The fourth-order valence-corrected chi connectivity index (χ4v) is 0.851. The lowest BCUT2D eigenvalue weighted by Crippen LogP contribution is -1.95. The van der Waals surface area contributed by atoms with Crippen molar-refractivity contribution < 1.29 is 4.74 Å². The number of ether oxygens (including phenoxy) is 1. The van der Waals surface area contributed by atoms with Gasteiger partial charge in [0.25, 0.3) is 0 Å². The topological polar surface area (TPSA) is 9.23 Å². The Morgan fingerprint density at radius 3 is 2.55 bits per heavy atom. The summed E-state index contributed by atoms with van der Waals surface area (Å²) in [4.78, 5) is 0. The Hall–Kier alpha value is -0.980. The molecule has 1 nitrogen and oxygen atoms in total. The van der Waals surface area contributed by atoms with Crippen molar-refractivity contribution in [2.75, 3.05) is 6.61 Å². The highest BCUT2D eigenvalue weighted by Gasteiger charge is 1.88. The monoisotopic (exact) mass is 156 g/mol. The highest BCUT2D eigenvalue weighted by atomic mass is 16.5. The Morgan fingerprint density at radius 2 is 1.91 bits per heavy atom. The molecule has 0 spiro atoms. The fraction of sp³-hybridized carbons (Fsp3) is 0.400. The Kier molecular flexibility index (Phi) is 3.53. The molecule has 0 radical (unpaired) electrons. The first-order valence-electron chi connectivity index (χ1n) is 4.11. The average Bonchev–Trinajstić information content (AvgIpc) is 2.07. The van der Waals surface area contributed by atoms with E-state index in [1.54, 1.807) is 0 Å². The van der Waals surface area contributed by atoms with Gasteiger partial charge in [-0.15, -0.1) is 0 Å². The van der Waals surface area contributed by atoms with Gasteiger partial charge in [-0.25, -0.2) is 0 Å². The molecule has 1 rings (SSSR count). The van der Waals surface area contributed by atoms with Crippen molar-refractivity contribution in [1.29, 1.82) is 0 Å². The van der Waals surface area contributed by atoms with Crippen LogP contribution in [0.4, 0.5) is 0 Å². The van der Waals surface area contributed by atoms with Crippen molar-refractivity contribution in [3.8, 4) is 5.75 Å². The first-order valence-corrected chi connectivity index (χ1v) is 4.11. The summed E-state index contributed by atoms with van der Waals surface area (Å²) in [5.74, 6) is 0.973. The fourth-order valence-electron chi connectivity index (χ4n) is 0.851. The second kappa shape index (κ2) is 4.78. The number of hydrogen-bond donors (Lipinski definition) is 0. The van der Waals surface area contributed by atoms with Crippen LogP contribution in [0.3, 0.4) is 0 Å². The predicted molar refractivity (Wildman–Crippen MR) is 46.8 cm³/mol. The maximum absolute atomic E-state index is 5.45. The lowest BCUT2D eigenvalue weighted by molar-refractivity contribution is 0.309. The van der Waals surface area contributed by atoms with Crippen molar-refractivity contribution >= 4 is 0 Å². The number of unbranched alkanes of at least 4 members (excludes halogenated alkanes) is 1. The third-order valence-corrected chi connectivity index (χ3v) is 1.51. The molecule has 1 aromatic carbocycles. The van der Waals surface area contributed by atoms with Gasteiger partial charge < -0.3 is 4.74 Å². The van der Waals surface area contributed by atoms with E-state index >= 15 is 0 Å². The van der Waals surface area contributed by atoms with Gasteiger partial charge in [-0.1, -0.05) is 31.5 Å². The van der Waals surface area contributed by atoms with E-state index in [1.807, 2.05) is 30.3 Å². The summed E-state index contributed by atoms with van der Waals surface area (Å²) in [6.45, 7) is 2.99. The summed E-state index contributed by atoms with van der Waals surface area (Å²) in [5.41, 5.74) is 0. The van der Waals surface area contributed by atoms with E-state index in [2.05, 4.69) is 6.92 Å². The molecule has 0 atom stereocenters. The van der Waals surface area contributed by atoms with E-state index in [-0.39, 0.29) is 0 Å². The van der Waals surface area contributed by atoms with Crippen LogP contribution in [-0.2, 0) is 0 Å². The summed E-state index contributed by atoms with van der Waals surface area (Å²) < 4.78 is 5.45. The Morgan fingerprint density at radius 1 is 1.18 bits per heavy atom. The number of para-hydroxylation sites is 1.